The van der Waals surface area contributed by atoms with Crippen LogP contribution in [0.4, 0.5) is 17.1 Å². The predicted molar refractivity (Wildman–Crippen MR) is 80.0 cm³/mol. The van der Waals surface area contributed by atoms with E-state index in [0.717, 1.165) is 0 Å². The molecule has 0 fully saturated rings. The fraction of sp³-hybridized carbons (Fsp3) is 0.312. The Hall–Kier alpha value is -2.03. The molecule has 0 atom stereocenters. The minimum atomic E-state index is -0.0997. The number of pyridine rings is 1. The van der Waals surface area contributed by atoms with E-state index >= 15 is 0 Å². The standard InChI is InChI=1S/C16H19N3/c1-12-7-5-6-8-13(12)19-14-9-10-17-11-15(14)18(4)16(19,2)3/h5-11H,1-4H3. The molecule has 2 heterocycles. The monoisotopic (exact) mass is 253 g/mol. The molecule has 0 N–H and O–H groups in total. The van der Waals surface area contributed by atoms with Gasteiger partial charge in [0.25, 0.3) is 0 Å². The summed E-state index contributed by atoms with van der Waals surface area (Å²) in [5, 5.41) is 0. The van der Waals surface area contributed by atoms with E-state index in [1.54, 1.807) is 0 Å². The van der Waals surface area contributed by atoms with Gasteiger partial charge in [0.1, 0.15) is 5.66 Å². The molecule has 0 saturated heterocycles. The first-order valence-electron chi connectivity index (χ1n) is 6.57. The van der Waals surface area contributed by atoms with Gasteiger partial charge in [0, 0.05) is 18.9 Å². The second-order valence-electron chi connectivity index (χ2n) is 5.54. The largest absolute Gasteiger partial charge is 0.349 e. The topological polar surface area (TPSA) is 19.4 Å². The van der Waals surface area contributed by atoms with Crippen LogP contribution < -0.4 is 9.80 Å². The normalized spacial score (nSPS) is 16.6. The zero-order chi connectivity index (χ0) is 13.6. The molecule has 3 rings (SSSR count). The van der Waals surface area contributed by atoms with Gasteiger partial charge < -0.3 is 9.80 Å². The Morgan fingerprint density at radius 2 is 1.74 bits per heavy atom. The van der Waals surface area contributed by atoms with Crippen LogP contribution in [0.25, 0.3) is 0 Å². The lowest BCUT2D eigenvalue weighted by Crippen LogP contribution is -2.48. The van der Waals surface area contributed by atoms with Crippen molar-refractivity contribution in [2.75, 3.05) is 16.8 Å². The SMILES string of the molecule is Cc1ccccc1N1c2ccncc2N(C)C1(C)C. The van der Waals surface area contributed by atoms with Gasteiger partial charge in [-0.25, -0.2) is 0 Å². The number of nitrogens with zero attached hydrogens (tertiary/aromatic N) is 3. The number of para-hydroxylation sites is 1. The van der Waals surface area contributed by atoms with Gasteiger partial charge >= 0.3 is 0 Å². The maximum absolute atomic E-state index is 4.25. The summed E-state index contributed by atoms with van der Waals surface area (Å²) in [4.78, 5) is 8.92. The molecule has 0 aliphatic carbocycles. The molecule has 0 spiro atoms. The molecule has 0 radical (unpaired) electrons. The van der Waals surface area contributed by atoms with Crippen LogP contribution >= 0.6 is 0 Å². The first-order valence-corrected chi connectivity index (χ1v) is 6.57. The minimum Gasteiger partial charge on any atom is -0.349 e. The Morgan fingerprint density at radius 3 is 2.47 bits per heavy atom. The van der Waals surface area contributed by atoms with E-state index in [4.69, 9.17) is 0 Å². The van der Waals surface area contributed by atoms with Crippen LogP contribution in [0.3, 0.4) is 0 Å². The average Bonchev–Trinajstić information content (AvgIpc) is 2.59. The smallest absolute Gasteiger partial charge is 0.112 e. The number of benzene rings is 1. The van der Waals surface area contributed by atoms with Gasteiger partial charge in [-0.3, -0.25) is 4.98 Å². The van der Waals surface area contributed by atoms with Gasteiger partial charge in [-0.05, 0) is 38.5 Å². The maximum Gasteiger partial charge on any atom is 0.112 e. The number of anilines is 3. The Kier molecular flexibility index (Phi) is 2.52. The Labute approximate surface area is 114 Å². The fourth-order valence-electron chi connectivity index (χ4n) is 2.80. The quantitative estimate of drug-likeness (QED) is 0.772. The molecule has 1 aromatic heterocycles. The summed E-state index contributed by atoms with van der Waals surface area (Å²) in [6.45, 7) is 6.63. The van der Waals surface area contributed by atoms with Crippen LogP contribution in [0.5, 0.6) is 0 Å². The van der Waals surface area contributed by atoms with Crippen LogP contribution in [-0.4, -0.2) is 17.7 Å². The lowest BCUT2D eigenvalue weighted by Gasteiger charge is -2.39. The Morgan fingerprint density at radius 1 is 1.00 bits per heavy atom. The van der Waals surface area contributed by atoms with Crippen molar-refractivity contribution in [2.45, 2.75) is 26.4 Å². The second-order valence-corrected chi connectivity index (χ2v) is 5.54. The molecule has 19 heavy (non-hydrogen) atoms. The van der Waals surface area contributed by atoms with Crippen LogP contribution in [0.1, 0.15) is 19.4 Å². The molecule has 3 nitrogen and oxygen atoms in total. The van der Waals surface area contributed by atoms with Crippen molar-refractivity contribution < 1.29 is 0 Å². The minimum absolute atomic E-state index is 0.0997. The Bertz CT molecular complexity index is 619. The van der Waals surface area contributed by atoms with Crippen LogP contribution in [0.15, 0.2) is 42.7 Å². The summed E-state index contributed by atoms with van der Waals surface area (Å²) in [6, 6.07) is 10.6. The summed E-state index contributed by atoms with van der Waals surface area (Å²) in [7, 11) is 2.12. The second kappa shape index (κ2) is 3.98. The van der Waals surface area contributed by atoms with E-state index in [-0.39, 0.29) is 5.66 Å². The van der Waals surface area contributed by atoms with Gasteiger partial charge in [0.2, 0.25) is 0 Å². The van der Waals surface area contributed by atoms with E-state index in [0.29, 0.717) is 0 Å². The molecule has 2 aromatic rings. The van der Waals surface area contributed by atoms with Gasteiger partial charge in [0.15, 0.2) is 0 Å². The zero-order valence-corrected chi connectivity index (χ0v) is 11.9. The zero-order valence-electron chi connectivity index (χ0n) is 11.9. The van der Waals surface area contributed by atoms with E-state index in [2.05, 4.69) is 72.9 Å². The van der Waals surface area contributed by atoms with Crippen molar-refractivity contribution in [2.24, 2.45) is 0 Å². The van der Waals surface area contributed by atoms with Crippen molar-refractivity contribution in [3.63, 3.8) is 0 Å². The highest BCUT2D eigenvalue weighted by molar-refractivity contribution is 5.85. The number of rotatable bonds is 1. The number of aromatic nitrogens is 1. The van der Waals surface area contributed by atoms with E-state index in [9.17, 15) is 0 Å². The summed E-state index contributed by atoms with van der Waals surface area (Å²) < 4.78 is 0. The number of hydrogen-bond donors (Lipinski definition) is 0. The van der Waals surface area contributed by atoms with Crippen LogP contribution in [-0.2, 0) is 0 Å². The van der Waals surface area contributed by atoms with E-state index in [1.807, 2.05) is 12.4 Å². The van der Waals surface area contributed by atoms with Crippen LogP contribution in [0, 0.1) is 6.92 Å². The van der Waals surface area contributed by atoms with Crippen molar-refractivity contribution in [1.82, 2.24) is 4.98 Å². The molecule has 0 amide bonds. The van der Waals surface area contributed by atoms with Crippen LogP contribution in [0.2, 0.25) is 0 Å². The highest BCUT2D eigenvalue weighted by atomic mass is 15.4. The van der Waals surface area contributed by atoms with Crippen molar-refractivity contribution in [3.05, 3.63) is 48.3 Å². The van der Waals surface area contributed by atoms with Crippen molar-refractivity contribution >= 4 is 17.1 Å². The maximum atomic E-state index is 4.25. The summed E-state index contributed by atoms with van der Waals surface area (Å²) in [5.41, 5.74) is 4.84. The molecule has 98 valence electrons. The third kappa shape index (κ3) is 1.61. The van der Waals surface area contributed by atoms with Gasteiger partial charge in [-0.15, -0.1) is 0 Å². The lowest BCUT2D eigenvalue weighted by atomic mass is 10.1. The molecular weight excluding hydrogens is 234 g/mol. The number of aryl methyl sites for hydroxylation is 1. The molecule has 3 heteroatoms. The molecule has 1 aliphatic heterocycles. The summed E-state index contributed by atoms with van der Waals surface area (Å²) >= 11 is 0. The van der Waals surface area contributed by atoms with Crippen molar-refractivity contribution in [3.8, 4) is 0 Å². The fourth-order valence-corrected chi connectivity index (χ4v) is 2.80. The summed E-state index contributed by atoms with van der Waals surface area (Å²) in [6.07, 6.45) is 3.80. The molecule has 1 aliphatic rings. The molecule has 0 saturated carbocycles. The number of fused-ring (bicyclic) bond motifs is 1. The number of hydrogen-bond acceptors (Lipinski definition) is 3. The average molecular weight is 253 g/mol. The third-order valence-electron chi connectivity index (χ3n) is 4.10. The first-order chi connectivity index (χ1) is 9.03. The highest BCUT2D eigenvalue weighted by Crippen LogP contribution is 2.48. The lowest BCUT2D eigenvalue weighted by molar-refractivity contribution is 0.521. The van der Waals surface area contributed by atoms with E-state index in [1.165, 1.54) is 22.6 Å². The molecular formula is C16H19N3. The summed E-state index contributed by atoms with van der Waals surface area (Å²) in [5.74, 6) is 0. The third-order valence-corrected chi connectivity index (χ3v) is 4.10. The first kappa shape index (κ1) is 12.0. The molecule has 1 aromatic carbocycles. The van der Waals surface area contributed by atoms with Gasteiger partial charge in [-0.2, -0.15) is 0 Å². The highest BCUT2D eigenvalue weighted by Gasteiger charge is 2.41. The predicted octanol–water partition coefficient (Wildman–Crippen LogP) is 3.71. The Balaban J connectivity index is 2.23. The molecule has 0 bridgehead atoms. The van der Waals surface area contributed by atoms with Gasteiger partial charge in [-0.1, -0.05) is 18.2 Å². The van der Waals surface area contributed by atoms with E-state index < -0.39 is 0 Å². The van der Waals surface area contributed by atoms with Gasteiger partial charge in [0.05, 0.1) is 17.6 Å². The molecule has 0 unspecified atom stereocenters. The van der Waals surface area contributed by atoms with Crippen molar-refractivity contribution in [1.29, 1.82) is 0 Å².